The zero-order valence-corrected chi connectivity index (χ0v) is 70.6. The first kappa shape index (κ1) is 95.1. The van der Waals surface area contributed by atoms with E-state index in [9.17, 15) is 102 Å². The molecule has 9 heterocycles. The Kier molecular flexibility index (Phi) is 32.9. The van der Waals surface area contributed by atoms with Crippen molar-refractivity contribution in [3.8, 4) is 51.7 Å². The number of carbonyl (C=O) groups excluding carboxylic acids is 14. The van der Waals surface area contributed by atoms with Gasteiger partial charge in [-0.25, -0.2) is 4.39 Å². The van der Waals surface area contributed by atoms with E-state index in [0.717, 1.165) is 111 Å². The Balaban J connectivity index is 0.000000149. The monoisotopic (exact) mass is 1820 g/mol. The van der Waals surface area contributed by atoms with Crippen molar-refractivity contribution in [2.45, 2.75) is 116 Å². The van der Waals surface area contributed by atoms with Crippen LogP contribution in [0.2, 0.25) is 20.1 Å². The van der Waals surface area contributed by atoms with Crippen molar-refractivity contribution >= 4 is 180 Å². The van der Waals surface area contributed by atoms with Crippen LogP contribution in [0.15, 0.2) is 188 Å². The zero-order chi connectivity index (χ0) is 92.0. The van der Waals surface area contributed by atoms with Crippen LogP contribution in [0.4, 0.5) is 55.6 Å². The van der Waals surface area contributed by atoms with Crippen molar-refractivity contribution in [2.75, 3.05) is 70.3 Å². The second-order valence-electron chi connectivity index (χ2n) is 29.0. The van der Waals surface area contributed by atoms with Crippen molar-refractivity contribution in [3.63, 3.8) is 0 Å². The average Bonchev–Trinajstić information content (AvgIpc) is 1.68. The molecule has 0 bridgehead atoms. The summed E-state index contributed by atoms with van der Waals surface area (Å²) in [6, 6.07) is 47.3. The molecule has 9 N–H and O–H groups in total. The molecule has 0 spiro atoms. The highest BCUT2D eigenvalue weighted by molar-refractivity contribution is 6.34. The van der Waals surface area contributed by atoms with Gasteiger partial charge in [-0.05, 0) is 171 Å². The molecule has 0 unspecified atom stereocenters. The number of carbonyl (C=O) groups is 14. The minimum absolute atomic E-state index is 0.0175. The summed E-state index contributed by atoms with van der Waals surface area (Å²) in [6.45, 7) is 3.02. The van der Waals surface area contributed by atoms with Gasteiger partial charge in [0.25, 0.3) is 0 Å². The van der Waals surface area contributed by atoms with Crippen LogP contribution in [0.25, 0.3) is 0 Å². The van der Waals surface area contributed by atoms with E-state index in [1.54, 1.807) is 111 Å². The van der Waals surface area contributed by atoms with Gasteiger partial charge in [0.15, 0.2) is 11.6 Å². The summed E-state index contributed by atoms with van der Waals surface area (Å²) in [6.07, 6.45) is 8.34. The summed E-state index contributed by atoms with van der Waals surface area (Å²) in [5, 5.41) is 83.5. The van der Waals surface area contributed by atoms with E-state index in [2.05, 4.69) is 0 Å². The van der Waals surface area contributed by atoms with Crippen molar-refractivity contribution in [1.29, 1.82) is 0 Å². The maximum atomic E-state index is 13.0. The van der Waals surface area contributed by atoms with Gasteiger partial charge in [0.2, 0.25) is 82.7 Å². The lowest BCUT2D eigenvalue weighted by Crippen LogP contribution is -2.28. The van der Waals surface area contributed by atoms with Crippen molar-refractivity contribution in [3.05, 3.63) is 214 Å². The minimum Gasteiger partial charge on any atom is -0.508 e. The van der Waals surface area contributed by atoms with Crippen LogP contribution < -0.4 is 44.1 Å². The van der Waals surface area contributed by atoms with Gasteiger partial charge >= 0.3 is 0 Å². The van der Waals surface area contributed by atoms with Crippen LogP contribution in [0.3, 0.4) is 0 Å². The lowest BCUT2D eigenvalue weighted by Gasteiger charge is -2.15. The normalized spacial score (nSPS) is 16.4. The fourth-order valence-corrected chi connectivity index (χ4v) is 14.4. The predicted molar refractivity (Wildman–Crippen MR) is 468 cm³/mol. The number of phenols is 9. The SMILES string of the molecule is O=C1CCC(=O)N1c1ccc(Cl)c(O)c1.O=C1CCC(=O)N1c1ccc(O)c(Cl)c1.O=C1CCC(=O)N1c1ccc(O)c(F)c1.O=C1CCC(=O)N1c1ccc(O)cc1.O=C1CCC(=O)N1c1cccc(O)c1.O=C1CCCN1c1ccc(Cl)c(O)c1.O=C1CCCN1c1ccc(O)c(Cl)c1.O=C1CCCN1c1ccc(O)cc1.O=C1CCCN1c1cccc(O)c1. The molecule has 127 heavy (non-hydrogen) atoms. The Morgan fingerprint density at radius 2 is 0.449 bits per heavy atom. The molecule has 9 aromatic rings. The number of aromatic hydroxyl groups is 9. The first-order valence-electron chi connectivity index (χ1n) is 39.6. The Morgan fingerprint density at radius 1 is 0.205 bits per heavy atom. The molecule has 662 valence electrons. The van der Waals surface area contributed by atoms with E-state index in [-0.39, 0.29) is 214 Å². The molecule has 9 aromatic carbocycles. The van der Waals surface area contributed by atoms with Gasteiger partial charge in [0.05, 0.1) is 48.5 Å². The highest BCUT2D eigenvalue weighted by atomic mass is 35.5. The highest BCUT2D eigenvalue weighted by Crippen LogP contribution is 2.37. The van der Waals surface area contributed by atoms with E-state index in [1.165, 1.54) is 78.9 Å². The van der Waals surface area contributed by atoms with Crippen LogP contribution in [0.5, 0.6) is 51.7 Å². The third-order valence-corrected chi connectivity index (χ3v) is 21.3. The summed E-state index contributed by atoms with van der Waals surface area (Å²) in [7, 11) is 0. The molecule has 37 heteroatoms. The summed E-state index contributed by atoms with van der Waals surface area (Å²) in [4.78, 5) is 171. The van der Waals surface area contributed by atoms with Gasteiger partial charge in [-0.15, -0.1) is 0 Å². The molecule has 0 radical (unpaired) electrons. The standard InChI is InChI=1S/2C10H8ClNO3.2C10H10ClNO2.C10H8FNO3.2C10H9NO3.2C10H11NO2/c11-7-5-6(1-2-8(7)13)12-9(14)3-4-10(12)15;11-7-2-1-6(5-8(7)13)12-9(14)3-4-10(12)15;11-8-6-7(3-4-9(8)13)12-5-1-2-10(12)14;11-8-4-3-7(6-9(8)13)12-5-1-2-10(12)14;11-7-5-6(1-2-8(7)13)12-9(14)3-4-10(12)15;12-8-3-1-7(2-4-8)11-9(13)5-6-10(11)14;12-8-3-1-2-7(6-8)11-9(13)4-5-10(11)14;12-9-4-1-3-8(7-9)11-6-2-5-10(11)13;12-9-5-3-8(4-6-9)11-7-1-2-10(11)13/h2*1-2,5,13H,3-4H2;2*3-4,6,13H,1-2,5H2;1-2,5,13H,3-4H2;1-4,12H,5-6H2;1-3,6,12H,4-5H2;1,3-4,7,12H,2,5-6H2;3-6,12H,1-2,7H2. The second-order valence-corrected chi connectivity index (χ2v) is 30.6. The molecular weight excluding hydrogens is 1740 g/mol. The summed E-state index contributed by atoms with van der Waals surface area (Å²) >= 11 is 22.7. The van der Waals surface area contributed by atoms with Gasteiger partial charge in [-0.3, -0.25) is 91.6 Å². The number of amides is 14. The topological polar surface area (TPSA) is 450 Å². The molecule has 32 nitrogen and oxygen atoms in total. The van der Waals surface area contributed by atoms with Crippen LogP contribution in [0, 0.1) is 5.82 Å². The van der Waals surface area contributed by atoms with Gasteiger partial charge in [-0.2, -0.15) is 0 Å². The van der Waals surface area contributed by atoms with Crippen molar-refractivity contribution in [1.82, 2.24) is 0 Å². The number of phenolic OH excluding ortho intramolecular Hbond substituents is 9. The molecule has 9 saturated heterocycles. The van der Waals surface area contributed by atoms with E-state index in [4.69, 9.17) is 61.7 Å². The summed E-state index contributed by atoms with van der Waals surface area (Å²) < 4.78 is 13.0. The number of nitrogens with zero attached hydrogens (tertiary/aromatic N) is 9. The molecule has 9 aliphatic rings. The zero-order valence-electron chi connectivity index (χ0n) is 67.6. The second kappa shape index (κ2) is 43.9. The number of hydrogen-bond acceptors (Lipinski definition) is 23. The van der Waals surface area contributed by atoms with Gasteiger partial charge in [0.1, 0.15) is 46.0 Å². The van der Waals surface area contributed by atoms with Crippen LogP contribution in [0.1, 0.15) is 116 Å². The number of rotatable bonds is 9. The highest BCUT2D eigenvalue weighted by Gasteiger charge is 2.36. The quantitative estimate of drug-likeness (QED) is 0.0606. The van der Waals surface area contributed by atoms with E-state index in [0.29, 0.717) is 53.5 Å². The Bertz CT molecular complexity index is 5360. The number of imide groups is 5. The third kappa shape index (κ3) is 25.1. The van der Waals surface area contributed by atoms with Crippen molar-refractivity contribution < 1.29 is 117 Å². The first-order valence-corrected chi connectivity index (χ1v) is 41.2. The molecule has 18 rings (SSSR count). The molecule has 0 aromatic heterocycles. The molecule has 14 amide bonds. The van der Waals surface area contributed by atoms with Gasteiger partial charge in [-0.1, -0.05) is 58.5 Å². The third-order valence-electron chi connectivity index (χ3n) is 20.1. The number of hydrogen-bond donors (Lipinski definition) is 9. The first-order chi connectivity index (χ1) is 60.5. The van der Waals surface area contributed by atoms with Crippen molar-refractivity contribution in [2.24, 2.45) is 0 Å². The van der Waals surface area contributed by atoms with Crippen LogP contribution in [-0.4, -0.2) is 155 Å². The molecule has 0 aliphatic carbocycles. The van der Waals surface area contributed by atoms with Crippen LogP contribution >= 0.6 is 46.4 Å². The molecule has 0 saturated carbocycles. The number of benzene rings is 9. The van der Waals surface area contributed by atoms with Gasteiger partial charge < -0.3 is 65.6 Å². The predicted octanol–water partition coefficient (Wildman–Crippen LogP) is 14.1. The summed E-state index contributed by atoms with van der Waals surface area (Å²) in [5.41, 5.74) is 5.05. The Morgan fingerprint density at radius 3 is 0.780 bits per heavy atom. The lowest BCUT2D eigenvalue weighted by molar-refractivity contribution is -0.122. The molecular formula is C90H84Cl4FN9O23. The maximum Gasteiger partial charge on any atom is 0.234 e. The fourth-order valence-electron chi connectivity index (χ4n) is 13.8. The van der Waals surface area contributed by atoms with Gasteiger partial charge in [0, 0.05) is 169 Å². The minimum atomic E-state index is -0.847. The van der Waals surface area contributed by atoms with E-state index < -0.39 is 11.6 Å². The molecule has 9 aliphatic heterocycles. The maximum absolute atomic E-state index is 13.0. The number of halogens is 5. The average molecular weight is 1820 g/mol. The van der Waals surface area contributed by atoms with E-state index >= 15 is 0 Å². The molecule has 9 fully saturated rings. The van der Waals surface area contributed by atoms with Crippen LogP contribution in [-0.2, 0) is 67.1 Å². The Labute approximate surface area is 745 Å². The molecule has 0 atom stereocenters. The largest absolute Gasteiger partial charge is 0.508 e. The number of anilines is 9. The lowest BCUT2D eigenvalue weighted by atomic mass is 10.2. The summed E-state index contributed by atoms with van der Waals surface area (Å²) in [5.74, 6) is -2.78. The smallest absolute Gasteiger partial charge is 0.234 e. The Hall–Kier alpha value is -14.2. The van der Waals surface area contributed by atoms with E-state index in [1.807, 2.05) is 6.07 Å². The fraction of sp³-hybridized carbons (Fsp3) is 0.244.